The van der Waals surface area contributed by atoms with E-state index in [2.05, 4.69) is 11.7 Å². The molecule has 0 aliphatic heterocycles. The second-order valence-electron chi connectivity index (χ2n) is 2.21. The Balaban J connectivity index is 0.000000671. The fourth-order valence-electron chi connectivity index (χ4n) is 0.781. The van der Waals surface area contributed by atoms with Crippen LogP contribution in [0.1, 0.15) is 12.1 Å². The number of aromatic nitrogens is 1. The van der Waals surface area contributed by atoms with Gasteiger partial charge in [-0.05, 0) is 18.9 Å². The molecule has 1 heterocycles. The number of hydrogen-bond acceptors (Lipinski definition) is 3. The van der Waals surface area contributed by atoms with Crippen LogP contribution < -0.4 is 0 Å². The minimum Gasteiger partial charge on any atom is -0.481 e. The first-order valence-corrected chi connectivity index (χ1v) is 3.76. The van der Waals surface area contributed by atoms with Crippen molar-refractivity contribution in [3.63, 3.8) is 0 Å². The third kappa shape index (κ3) is 5.55. The molecule has 13 heavy (non-hydrogen) atoms. The molecule has 1 rings (SSSR count). The van der Waals surface area contributed by atoms with Gasteiger partial charge in [-0.1, -0.05) is 6.07 Å². The number of nitrogens with zero attached hydrogens (tertiary/aromatic N) is 1. The van der Waals surface area contributed by atoms with Crippen LogP contribution in [0.5, 0.6) is 0 Å². The monoisotopic (exact) mass is 180 g/mol. The molecule has 4 nitrogen and oxygen atoms in total. The van der Waals surface area contributed by atoms with E-state index in [1.54, 1.807) is 6.20 Å². The molecular weight excluding hydrogens is 168 g/mol. The van der Waals surface area contributed by atoms with Crippen LogP contribution in [0.4, 0.5) is 0 Å². The van der Waals surface area contributed by atoms with E-state index in [4.69, 9.17) is 10.5 Å². The van der Waals surface area contributed by atoms with Crippen molar-refractivity contribution in [2.75, 3.05) is 0 Å². The molecule has 0 radical (unpaired) electrons. The molecular formula is C9H12N2O2. The lowest BCUT2D eigenvalue weighted by Gasteiger charge is -1.94. The van der Waals surface area contributed by atoms with Crippen molar-refractivity contribution in [3.05, 3.63) is 30.1 Å². The summed E-state index contributed by atoms with van der Waals surface area (Å²) in [6.45, 7) is 2.50. The van der Waals surface area contributed by atoms with Crippen molar-refractivity contribution in [1.82, 2.24) is 4.98 Å². The standard InChI is InChI=1S/C8H9NO2.CH3N/c10-8(11)5-4-7-3-1-2-6-9-7;1-2/h1-3,6H,4-5H2,(H,10,11);2H,1H2. The van der Waals surface area contributed by atoms with Crippen LogP contribution >= 0.6 is 0 Å². The topological polar surface area (TPSA) is 74.0 Å². The van der Waals surface area contributed by atoms with Crippen molar-refractivity contribution < 1.29 is 9.90 Å². The van der Waals surface area contributed by atoms with Gasteiger partial charge in [0.1, 0.15) is 0 Å². The number of pyridine rings is 1. The van der Waals surface area contributed by atoms with Gasteiger partial charge in [0.2, 0.25) is 0 Å². The molecule has 0 fully saturated rings. The molecule has 0 aliphatic rings. The van der Waals surface area contributed by atoms with E-state index in [9.17, 15) is 4.79 Å². The van der Waals surface area contributed by atoms with Crippen molar-refractivity contribution in [3.8, 4) is 0 Å². The fraction of sp³-hybridized carbons (Fsp3) is 0.222. The average Bonchev–Trinajstić information content (AvgIpc) is 2.19. The summed E-state index contributed by atoms with van der Waals surface area (Å²) in [6.07, 6.45) is 2.32. The van der Waals surface area contributed by atoms with Gasteiger partial charge in [-0.15, -0.1) is 0 Å². The molecule has 70 valence electrons. The molecule has 0 saturated heterocycles. The molecule has 0 unspecified atom stereocenters. The first-order chi connectivity index (χ1) is 6.29. The number of carbonyl (C=O) groups is 1. The number of carboxylic acids is 1. The van der Waals surface area contributed by atoms with E-state index in [-0.39, 0.29) is 6.42 Å². The summed E-state index contributed by atoms with van der Waals surface area (Å²) < 4.78 is 0. The smallest absolute Gasteiger partial charge is 0.303 e. The van der Waals surface area contributed by atoms with Crippen LogP contribution in [0.3, 0.4) is 0 Å². The molecule has 0 atom stereocenters. The third-order valence-corrected chi connectivity index (χ3v) is 1.32. The quantitative estimate of drug-likeness (QED) is 0.690. The van der Waals surface area contributed by atoms with Gasteiger partial charge in [-0.2, -0.15) is 0 Å². The van der Waals surface area contributed by atoms with Gasteiger partial charge in [0.25, 0.3) is 0 Å². The van der Waals surface area contributed by atoms with Crippen molar-refractivity contribution in [1.29, 1.82) is 5.41 Å². The molecule has 1 aromatic heterocycles. The van der Waals surface area contributed by atoms with E-state index in [1.165, 1.54) is 0 Å². The van der Waals surface area contributed by atoms with Gasteiger partial charge < -0.3 is 10.5 Å². The van der Waals surface area contributed by atoms with Gasteiger partial charge in [-0.25, -0.2) is 0 Å². The normalized spacial score (nSPS) is 8.31. The van der Waals surface area contributed by atoms with Crippen LogP contribution in [-0.2, 0) is 11.2 Å². The first kappa shape index (κ1) is 11.3. The zero-order chi connectivity index (χ0) is 10.1. The molecule has 0 saturated carbocycles. The highest BCUT2D eigenvalue weighted by molar-refractivity contribution is 5.66. The minimum atomic E-state index is -0.782. The van der Waals surface area contributed by atoms with E-state index in [0.29, 0.717) is 6.42 Å². The van der Waals surface area contributed by atoms with E-state index >= 15 is 0 Å². The van der Waals surface area contributed by atoms with Crippen LogP contribution in [0.25, 0.3) is 0 Å². The second kappa shape index (κ2) is 6.97. The lowest BCUT2D eigenvalue weighted by atomic mass is 10.2. The Morgan fingerprint density at radius 2 is 2.23 bits per heavy atom. The predicted octanol–water partition coefficient (Wildman–Crippen LogP) is 1.36. The number of nitrogens with one attached hydrogen (secondary N) is 1. The van der Waals surface area contributed by atoms with Gasteiger partial charge in [0, 0.05) is 18.3 Å². The highest BCUT2D eigenvalue weighted by Crippen LogP contribution is 1.97. The fourth-order valence-corrected chi connectivity index (χ4v) is 0.781. The maximum Gasteiger partial charge on any atom is 0.303 e. The molecule has 0 aromatic carbocycles. The zero-order valence-electron chi connectivity index (χ0n) is 7.23. The number of aryl methyl sites for hydroxylation is 1. The summed E-state index contributed by atoms with van der Waals surface area (Å²) in [5.74, 6) is -0.782. The molecule has 0 bridgehead atoms. The Labute approximate surface area is 76.8 Å². The molecule has 4 heteroatoms. The molecule has 0 spiro atoms. The first-order valence-electron chi connectivity index (χ1n) is 3.76. The van der Waals surface area contributed by atoms with Crippen LogP contribution in [0.2, 0.25) is 0 Å². The zero-order valence-corrected chi connectivity index (χ0v) is 7.23. The Kier molecular flexibility index (Phi) is 6.05. The molecule has 0 aliphatic carbocycles. The summed E-state index contributed by atoms with van der Waals surface area (Å²) >= 11 is 0. The Morgan fingerprint density at radius 3 is 2.69 bits per heavy atom. The third-order valence-electron chi connectivity index (χ3n) is 1.32. The largest absolute Gasteiger partial charge is 0.481 e. The second-order valence-corrected chi connectivity index (χ2v) is 2.21. The van der Waals surface area contributed by atoms with Crippen LogP contribution in [-0.4, -0.2) is 22.8 Å². The SMILES string of the molecule is C=N.O=C(O)CCc1ccccn1. The van der Waals surface area contributed by atoms with Gasteiger partial charge >= 0.3 is 5.97 Å². The minimum absolute atomic E-state index is 0.150. The molecule has 1 aromatic rings. The number of carboxylic acid groups (broad SMARTS) is 1. The Morgan fingerprint density at radius 1 is 1.54 bits per heavy atom. The maximum absolute atomic E-state index is 10.1. The summed E-state index contributed by atoms with van der Waals surface area (Å²) in [7, 11) is 0. The van der Waals surface area contributed by atoms with Crippen LogP contribution in [0, 0.1) is 5.41 Å². The van der Waals surface area contributed by atoms with Gasteiger partial charge in [0.05, 0.1) is 6.42 Å². The van der Waals surface area contributed by atoms with Gasteiger partial charge in [-0.3, -0.25) is 9.78 Å². The van der Waals surface area contributed by atoms with Crippen molar-refractivity contribution >= 4 is 12.7 Å². The number of rotatable bonds is 3. The highest BCUT2D eigenvalue weighted by atomic mass is 16.4. The number of hydrogen-bond donors (Lipinski definition) is 2. The highest BCUT2D eigenvalue weighted by Gasteiger charge is 1.97. The van der Waals surface area contributed by atoms with E-state index < -0.39 is 5.97 Å². The van der Waals surface area contributed by atoms with Crippen molar-refractivity contribution in [2.45, 2.75) is 12.8 Å². The van der Waals surface area contributed by atoms with E-state index in [1.807, 2.05) is 18.2 Å². The Hall–Kier alpha value is -1.71. The summed E-state index contributed by atoms with van der Waals surface area (Å²) in [5, 5.41) is 13.8. The molecule has 0 amide bonds. The maximum atomic E-state index is 10.1. The lowest BCUT2D eigenvalue weighted by molar-refractivity contribution is -0.136. The van der Waals surface area contributed by atoms with Crippen LogP contribution in [0.15, 0.2) is 24.4 Å². The molecule has 2 N–H and O–H groups in total. The summed E-state index contributed by atoms with van der Waals surface area (Å²) in [5.41, 5.74) is 0.829. The Bertz CT molecular complexity index is 249. The summed E-state index contributed by atoms with van der Waals surface area (Å²) in [4.78, 5) is 14.1. The summed E-state index contributed by atoms with van der Waals surface area (Å²) in [6, 6.07) is 5.48. The predicted molar refractivity (Wildman–Crippen MR) is 50.0 cm³/mol. The van der Waals surface area contributed by atoms with E-state index in [0.717, 1.165) is 5.69 Å². The van der Waals surface area contributed by atoms with Crippen molar-refractivity contribution in [2.24, 2.45) is 0 Å². The lowest BCUT2D eigenvalue weighted by Crippen LogP contribution is -1.98. The van der Waals surface area contributed by atoms with Gasteiger partial charge in [0.15, 0.2) is 0 Å². The number of aliphatic carboxylic acids is 1. The average molecular weight is 180 g/mol.